The average molecular weight is 274 g/mol. The standard InChI is InChI=1S/C16H22N2O2/c1-3-4-11-18(2)16(20)13-7-5-12(6-8-13)15(19)17-14-9-10-14/h5-8,14H,3-4,9-11H2,1-2H3,(H,17,19). The smallest absolute Gasteiger partial charge is 0.253 e. The summed E-state index contributed by atoms with van der Waals surface area (Å²) >= 11 is 0. The van der Waals surface area contributed by atoms with Crippen LogP contribution in [0, 0.1) is 0 Å². The largest absolute Gasteiger partial charge is 0.349 e. The number of benzene rings is 1. The predicted octanol–water partition coefficient (Wildman–Crippen LogP) is 2.45. The molecule has 20 heavy (non-hydrogen) atoms. The molecule has 1 aromatic rings. The van der Waals surface area contributed by atoms with Gasteiger partial charge in [0.1, 0.15) is 0 Å². The molecule has 0 aliphatic heterocycles. The average Bonchev–Trinajstić information content (AvgIpc) is 3.28. The van der Waals surface area contributed by atoms with E-state index in [0.717, 1.165) is 32.2 Å². The first-order valence-electron chi connectivity index (χ1n) is 7.28. The lowest BCUT2D eigenvalue weighted by atomic mass is 10.1. The first-order valence-corrected chi connectivity index (χ1v) is 7.28. The van der Waals surface area contributed by atoms with Gasteiger partial charge in [-0.25, -0.2) is 0 Å². The summed E-state index contributed by atoms with van der Waals surface area (Å²) in [4.78, 5) is 25.7. The Morgan fingerprint density at radius 1 is 1.20 bits per heavy atom. The van der Waals surface area contributed by atoms with Gasteiger partial charge in [-0.15, -0.1) is 0 Å². The second-order valence-corrected chi connectivity index (χ2v) is 5.41. The first kappa shape index (κ1) is 14.6. The molecule has 0 aromatic heterocycles. The number of carbonyl (C=O) groups excluding carboxylic acids is 2. The summed E-state index contributed by atoms with van der Waals surface area (Å²) in [7, 11) is 1.81. The van der Waals surface area contributed by atoms with Crippen LogP contribution in [0.25, 0.3) is 0 Å². The van der Waals surface area contributed by atoms with E-state index in [1.54, 1.807) is 29.2 Å². The predicted molar refractivity (Wildman–Crippen MR) is 78.8 cm³/mol. The van der Waals surface area contributed by atoms with Crippen LogP contribution in [0.4, 0.5) is 0 Å². The fraction of sp³-hybridized carbons (Fsp3) is 0.500. The lowest BCUT2D eigenvalue weighted by molar-refractivity contribution is 0.0792. The van der Waals surface area contributed by atoms with Crippen molar-refractivity contribution in [1.82, 2.24) is 10.2 Å². The van der Waals surface area contributed by atoms with Crippen LogP contribution >= 0.6 is 0 Å². The molecule has 0 heterocycles. The van der Waals surface area contributed by atoms with Crippen molar-refractivity contribution in [3.63, 3.8) is 0 Å². The zero-order valence-electron chi connectivity index (χ0n) is 12.2. The molecule has 1 saturated carbocycles. The summed E-state index contributed by atoms with van der Waals surface area (Å²) in [6.07, 6.45) is 4.22. The van der Waals surface area contributed by atoms with Crippen molar-refractivity contribution < 1.29 is 9.59 Å². The molecule has 1 fully saturated rings. The molecule has 0 spiro atoms. The molecule has 4 nitrogen and oxygen atoms in total. The van der Waals surface area contributed by atoms with Crippen LogP contribution in [-0.4, -0.2) is 36.3 Å². The quantitative estimate of drug-likeness (QED) is 0.866. The van der Waals surface area contributed by atoms with Crippen molar-refractivity contribution in [2.75, 3.05) is 13.6 Å². The van der Waals surface area contributed by atoms with Gasteiger partial charge in [0.25, 0.3) is 11.8 Å². The highest BCUT2D eigenvalue weighted by atomic mass is 16.2. The Hall–Kier alpha value is -1.84. The number of hydrogen-bond acceptors (Lipinski definition) is 2. The van der Waals surface area contributed by atoms with Gasteiger partial charge in [0, 0.05) is 30.8 Å². The lowest BCUT2D eigenvalue weighted by Gasteiger charge is -2.16. The third-order valence-electron chi connectivity index (χ3n) is 3.50. The number of nitrogens with zero attached hydrogens (tertiary/aromatic N) is 1. The van der Waals surface area contributed by atoms with Crippen LogP contribution < -0.4 is 5.32 Å². The maximum Gasteiger partial charge on any atom is 0.253 e. The molecule has 1 aromatic carbocycles. The van der Waals surface area contributed by atoms with Crippen LogP contribution in [0.15, 0.2) is 24.3 Å². The molecule has 0 unspecified atom stereocenters. The molecular weight excluding hydrogens is 252 g/mol. The lowest BCUT2D eigenvalue weighted by Crippen LogP contribution is -2.28. The highest BCUT2D eigenvalue weighted by Gasteiger charge is 2.23. The molecule has 1 aliphatic carbocycles. The van der Waals surface area contributed by atoms with E-state index >= 15 is 0 Å². The molecule has 0 radical (unpaired) electrons. The van der Waals surface area contributed by atoms with Gasteiger partial charge in [-0.05, 0) is 43.5 Å². The van der Waals surface area contributed by atoms with Gasteiger partial charge in [-0.3, -0.25) is 9.59 Å². The summed E-state index contributed by atoms with van der Waals surface area (Å²) in [5, 5.41) is 2.94. The summed E-state index contributed by atoms with van der Waals surface area (Å²) in [5.74, 6) is -0.0431. The number of carbonyl (C=O) groups is 2. The number of unbranched alkanes of at least 4 members (excludes halogenated alkanes) is 1. The zero-order chi connectivity index (χ0) is 14.5. The van der Waals surface area contributed by atoms with Crippen molar-refractivity contribution in [3.05, 3.63) is 35.4 Å². The van der Waals surface area contributed by atoms with E-state index in [0.29, 0.717) is 17.2 Å². The fourth-order valence-electron chi connectivity index (χ4n) is 1.98. The van der Waals surface area contributed by atoms with Crippen LogP contribution in [-0.2, 0) is 0 Å². The van der Waals surface area contributed by atoms with Gasteiger partial charge >= 0.3 is 0 Å². The van der Waals surface area contributed by atoms with Crippen LogP contribution in [0.1, 0.15) is 53.3 Å². The van der Waals surface area contributed by atoms with Gasteiger partial charge in [-0.2, -0.15) is 0 Å². The zero-order valence-corrected chi connectivity index (χ0v) is 12.2. The first-order chi connectivity index (χ1) is 9.61. The Morgan fingerprint density at radius 2 is 1.80 bits per heavy atom. The van der Waals surface area contributed by atoms with E-state index in [9.17, 15) is 9.59 Å². The third-order valence-corrected chi connectivity index (χ3v) is 3.50. The monoisotopic (exact) mass is 274 g/mol. The molecule has 1 aliphatic rings. The molecule has 4 heteroatoms. The minimum atomic E-state index is -0.0502. The van der Waals surface area contributed by atoms with E-state index < -0.39 is 0 Å². The molecule has 0 bridgehead atoms. The summed E-state index contributed by atoms with van der Waals surface area (Å²) in [6, 6.07) is 7.25. The van der Waals surface area contributed by atoms with Crippen molar-refractivity contribution in [1.29, 1.82) is 0 Å². The Morgan fingerprint density at radius 3 is 2.35 bits per heavy atom. The molecule has 1 N–H and O–H groups in total. The number of nitrogens with one attached hydrogen (secondary N) is 1. The van der Waals surface area contributed by atoms with Crippen molar-refractivity contribution in [3.8, 4) is 0 Å². The van der Waals surface area contributed by atoms with Crippen molar-refractivity contribution >= 4 is 11.8 Å². The third kappa shape index (κ3) is 3.83. The summed E-state index contributed by atoms with van der Waals surface area (Å²) in [5.41, 5.74) is 1.25. The normalized spacial score (nSPS) is 13.9. The molecule has 2 amide bonds. The molecular formula is C16H22N2O2. The van der Waals surface area contributed by atoms with Gasteiger partial charge in [0.05, 0.1) is 0 Å². The highest BCUT2D eigenvalue weighted by Crippen LogP contribution is 2.19. The molecule has 0 atom stereocenters. The maximum atomic E-state index is 12.1. The summed E-state index contributed by atoms with van der Waals surface area (Å²) < 4.78 is 0. The Labute approximate surface area is 120 Å². The van der Waals surface area contributed by atoms with Gasteiger partial charge < -0.3 is 10.2 Å². The van der Waals surface area contributed by atoms with Crippen molar-refractivity contribution in [2.24, 2.45) is 0 Å². The molecule has 108 valence electrons. The highest BCUT2D eigenvalue weighted by molar-refractivity contribution is 5.97. The minimum Gasteiger partial charge on any atom is -0.349 e. The Bertz CT molecular complexity index is 478. The number of amides is 2. The molecule has 2 rings (SSSR count). The van der Waals surface area contributed by atoms with Crippen molar-refractivity contribution in [2.45, 2.75) is 38.6 Å². The SMILES string of the molecule is CCCCN(C)C(=O)c1ccc(C(=O)NC2CC2)cc1. The molecule has 0 saturated heterocycles. The summed E-state index contributed by atoms with van der Waals surface area (Å²) in [6.45, 7) is 2.87. The number of rotatable bonds is 6. The van der Waals surface area contributed by atoms with E-state index in [1.165, 1.54) is 0 Å². The van der Waals surface area contributed by atoms with Crippen LogP contribution in [0.3, 0.4) is 0 Å². The second kappa shape index (κ2) is 6.55. The van der Waals surface area contributed by atoms with Gasteiger partial charge in [0.2, 0.25) is 0 Å². The maximum absolute atomic E-state index is 12.1. The van der Waals surface area contributed by atoms with Gasteiger partial charge in [0.15, 0.2) is 0 Å². The topological polar surface area (TPSA) is 49.4 Å². The van der Waals surface area contributed by atoms with E-state index in [4.69, 9.17) is 0 Å². The second-order valence-electron chi connectivity index (χ2n) is 5.41. The van der Waals surface area contributed by atoms with E-state index in [1.807, 2.05) is 7.05 Å². The van der Waals surface area contributed by atoms with Crippen LogP contribution in [0.2, 0.25) is 0 Å². The van der Waals surface area contributed by atoms with Gasteiger partial charge in [-0.1, -0.05) is 13.3 Å². The Kier molecular flexibility index (Phi) is 4.77. The van der Waals surface area contributed by atoms with E-state index in [-0.39, 0.29) is 11.8 Å². The fourth-order valence-corrected chi connectivity index (χ4v) is 1.98. The Balaban J connectivity index is 1.96. The minimum absolute atomic E-state index is 0.00704. The van der Waals surface area contributed by atoms with Crippen LogP contribution in [0.5, 0.6) is 0 Å². The van der Waals surface area contributed by atoms with E-state index in [2.05, 4.69) is 12.2 Å². The number of hydrogen-bond donors (Lipinski definition) is 1.